The maximum Gasteiger partial charge on any atom is 0.326 e. The highest BCUT2D eigenvalue weighted by Gasteiger charge is 2.22. The van der Waals surface area contributed by atoms with Crippen LogP contribution in [0.1, 0.15) is 15.9 Å². The van der Waals surface area contributed by atoms with E-state index in [0.717, 1.165) is 5.56 Å². The molecule has 0 saturated heterocycles. The molecule has 1 amide bonds. The summed E-state index contributed by atoms with van der Waals surface area (Å²) in [4.78, 5) is 23.3. The highest BCUT2D eigenvalue weighted by molar-refractivity contribution is 5.98. The van der Waals surface area contributed by atoms with Crippen molar-refractivity contribution in [1.29, 1.82) is 0 Å². The van der Waals surface area contributed by atoms with Crippen molar-refractivity contribution >= 4 is 11.9 Å². The van der Waals surface area contributed by atoms with Crippen LogP contribution in [0.5, 0.6) is 5.75 Å². The van der Waals surface area contributed by atoms with Crippen LogP contribution in [0.3, 0.4) is 0 Å². The van der Waals surface area contributed by atoms with Crippen LogP contribution in [0.15, 0.2) is 54.6 Å². The third-order valence-corrected chi connectivity index (χ3v) is 3.03. The normalized spacial score (nSPS) is 11.6. The van der Waals surface area contributed by atoms with E-state index < -0.39 is 17.9 Å². The lowest BCUT2D eigenvalue weighted by atomic mass is 10.1. The van der Waals surface area contributed by atoms with Crippen molar-refractivity contribution in [3.05, 3.63) is 65.7 Å². The number of rotatable bonds is 5. The van der Waals surface area contributed by atoms with Gasteiger partial charge in [-0.1, -0.05) is 42.5 Å². The van der Waals surface area contributed by atoms with Gasteiger partial charge in [-0.2, -0.15) is 0 Å². The van der Waals surface area contributed by atoms with Gasteiger partial charge in [0.1, 0.15) is 11.8 Å². The first-order valence-electron chi connectivity index (χ1n) is 6.43. The van der Waals surface area contributed by atoms with E-state index in [1.165, 1.54) is 12.1 Å². The molecule has 1 atom stereocenters. The summed E-state index contributed by atoms with van der Waals surface area (Å²) in [6, 6.07) is 14.0. The average Bonchev–Trinajstić information content (AvgIpc) is 2.48. The van der Waals surface area contributed by atoms with Crippen molar-refractivity contribution in [2.75, 3.05) is 0 Å². The van der Waals surface area contributed by atoms with Gasteiger partial charge in [-0.05, 0) is 17.7 Å². The molecule has 5 heteroatoms. The molecule has 2 aromatic rings. The third-order valence-electron chi connectivity index (χ3n) is 3.03. The third kappa shape index (κ3) is 3.82. The summed E-state index contributed by atoms with van der Waals surface area (Å²) in [5.74, 6) is -1.92. The van der Waals surface area contributed by atoms with Crippen LogP contribution in [0.2, 0.25) is 0 Å². The van der Waals surface area contributed by atoms with E-state index >= 15 is 0 Å². The van der Waals surface area contributed by atoms with Crippen LogP contribution in [-0.2, 0) is 11.2 Å². The predicted molar refractivity (Wildman–Crippen MR) is 77.1 cm³/mol. The number of aromatic hydroxyl groups is 1. The van der Waals surface area contributed by atoms with Crippen LogP contribution in [0, 0.1) is 0 Å². The van der Waals surface area contributed by atoms with Gasteiger partial charge in [0.15, 0.2) is 0 Å². The largest absolute Gasteiger partial charge is 0.507 e. The molecule has 5 nitrogen and oxygen atoms in total. The van der Waals surface area contributed by atoms with Gasteiger partial charge < -0.3 is 15.5 Å². The zero-order chi connectivity index (χ0) is 15.2. The highest BCUT2D eigenvalue weighted by atomic mass is 16.4. The zero-order valence-corrected chi connectivity index (χ0v) is 11.2. The van der Waals surface area contributed by atoms with Gasteiger partial charge in [0.2, 0.25) is 0 Å². The summed E-state index contributed by atoms with van der Waals surface area (Å²) in [7, 11) is 0. The van der Waals surface area contributed by atoms with Crippen LogP contribution in [-0.4, -0.2) is 28.1 Å². The molecule has 0 aliphatic rings. The number of carboxylic acids is 1. The molecular formula is C16H15NO4. The summed E-state index contributed by atoms with van der Waals surface area (Å²) in [6.45, 7) is 0. The molecule has 0 aromatic heterocycles. The van der Waals surface area contributed by atoms with E-state index in [1.807, 2.05) is 6.07 Å². The summed E-state index contributed by atoms with van der Waals surface area (Å²) in [5.41, 5.74) is 0.860. The molecule has 108 valence electrons. The minimum atomic E-state index is -1.12. The Labute approximate surface area is 121 Å². The second-order valence-corrected chi connectivity index (χ2v) is 4.57. The Kier molecular flexibility index (Phi) is 4.56. The standard InChI is InChI=1S/C16H15NO4/c18-14-9-5-4-8-12(14)15(19)17-13(16(20)21)10-11-6-2-1-3-7-11/h1-9,13,18H,10H2,(H,17,19)(H,20,21). The fourth-order valence-corrected chi connectivity index (χ4v) is 1.95. The number of carbonyl (C=O) groups excluding carboxylic acids is 1. The van der Waals surface area contributed by atoms with Gasteiger partial charge >= 0.3 is 5.97 Å². The van der Waals surface area contributed by atoms with Crippen LogP contribution < -0.4 is 5.32 Å². The van der Waals surface area contributed by atoms with E-state index in [0.29, 0.717) is 0 Å². The quantitative estimate of drug-likeness (QED) is 0.782. The number of hydrogen-bond donors (Lipinski definition) is 3. The van der Waals surface area contributed by atoms with Crippen molar-refractivity contribution in [2.45, 2.75) is 12.5 Å². The Bertz CT molecular complexity index is 640. The smallest absolute Gasteiger partial charge is 0.326 e. The van der Waals surface area contributed by atoms with Crippen LogP contribution >= 0.6 is 0 Å². The first-order chi connectivity index (χ1) is 10.1. The fraction of sp³-hybridized carbons (Fsp3) is 0.125. The molecule has 0 heterocycles. The molecule has 2 aromatic carbocycles. The number of carboxylic acid groups (broad SMARTS) is 1. The van der Waals surface area contributed by atoms with Crippen LogP contribution in [0.4, 0.5) is 0 Å². The second-order valence-electron chi connectivity index (χ2n) is 4.57. The monoisotopic (exact) mass is 285 g/mol. The van der Waals surface area contributed by atoms with Gasteiger partial charge in [-0.25, -0.2) is 4.79 Å². The maximum atomic E-state index is 12.0. The molecule has 2 rings (SSSR count). The van der Waals surface area contributed by atoms with Gasteiger partial charge in [0.25, 0.3) is 5.91 Å². The Morgan fingerprint density at radius 1 is 1.00 bits per heavy atom. The number of nitrogens with one attached hydrogen (secondary N) is 1. The molecule has 0 aliphatic carbocycles. The average molecular weight is 285 g/mol. The summed E-state index contributed by atoms with van der Waals surface area (Å²) >= 11 is 0. The van der Waals surface area contributed by atoms with Crippen molar-refractivity contribution < 1.29 is 19.8 Å². The molecule has 0 fully saturated rings. The Balaban J connectivity index is 2.12. The first-order valence-corrected chi connectivity index (χ1v) is 6.43. The minimum Gasteiger partial charge on any atom is -0.507 e. The molecule has 0 spiro atoms. The number of aliphatic carboxylic acids is 1. The number of hydrogen-bond acceptors (Lipinski definition) is 3. The zero-order valence-electron chi connectivity index (χ0n) is 11.2. The molecule has 0 saturated carbocycles. The summed E-state index contributed by atoms with van der Waals surface area (Å²) in [5, 5.41) is 21.3. The minimum absolute atomic E-state index is 0.0526. The van der Waals surface area contributed by atoms with Gasteiger partial charge in [0, 0.05) is 6.42 Å². The molecule has 21 heavy (non-hydrogen) atoms. The van der Waals surface area contributed by atoms with Crippen molar-refractivity contribution in [2.24, 2.45) is 0 Å². The second kappa shape index (κ2) is 6.56. The van der Waals surface area contributed by atoms with Crippen molar-refractivity contribution in [3.63, 3.8) is 0 Å². The molecular weight excluding hydrogens is 270 g/mol. The van der Waals surface area contributed by atoms with Gasteiger partial charge in [0.05, 0.1) is 5.56 Å². The number of phenolic OH excluding ortho intramolecular Hbond substituents is 1. The molecule has 0 bridgehead atoms. The fourth-order valence-electron chi connectivity index (χ4n) is 1.95. The van der Waals surface area contributed by atoms with E-state index in [2.05, 4.69) is 5.32 Å². The van der Waals surface area contributed by atoms with Gasteiger partial charge in [-0.15, -0.1) is 0 Å². The van der Waals surface area contributed by atoms with Crippen LogP contribution in [0.25, 0.3) is 0 Å². The van der Waals surface area contributed by atoms with E-state index in [1.54, 1.807) is 36.4 Å². The molecule has 1 unspecified atom stereocenters. The van der Waals surface area contributed by atoms with E-state index in [-0.39, 0.29) is 17.7 Å². The number of amides is 1. The first kappa shape index (κ1) is 14.6. The number of benzene rings is 2. The van der Waals surface area contributed by atoms with E-state index in [4.69, 9.17) is 0 Å². The lowest BCUT2D eigenvalue weighted by Gasteiger charge is -2.15. The topological polar surface area (TPSA) is 86.6 Å². The lowest BCUT2D eigenvalue weighted by Crippen LogP contribution is -2.42. The number of carbonyl (C=O) groups is 2. The lowest BCUT2D eigenvalue weighted by molar-refractivity contribution is -0.139. The Morgan fingerprint density at radius 2 is 1.62 bits per heavy atom. The molecule has 0 radical (unpaired) electrons. The highest BCUT2D eigenvalue weighted by Crippen LogP contribution is 2.15. The number of phenols is 1. The maximum absolute atomic E-state index is 12.0. The molecule has 3 N–H and O–H groups in total. The van der Waals surface area contributed by atoms with E-state index in [9.17, 15) is 19.8 Å². The summed E-state index contributed by atoms with van der Waals surface area (Å²) < 4.78 is 0. The van der Waals surface area contributed by atoms with Crippen molar-refractivity contribution in [1.82, 2.24) is 5.32 Å². The Morgan fingerprint density at radius 3 is 2.24 bits per heavy atom. The number of para-hydroxylation sites is 1. The Hall–Kier alpha value is -2.82. The van der Waals surface area contributed by atoms with Crippen molar-refractivity contribution in [3.8, 4) is 5.75 Å². The van der Waals surface area contributed by atoms with Gasteiger partial charge in [-0.3, -0.25) is 4.79 Å². The predicted octanol–water partition coefficient (Wildman–Crippen LogP) is 1.82. The SMILES string of the molecule is O=C(NC(Cc1ccccc1)C(=O)O)c1ccccc1O. The molecule has 0 aliphatic heterocycles. The summed E-state index contributed by atoms with van der Waals surface area (Å²) in [6.07, 6.45) is 0.176.